The van der Waals surface area contributed by atoms with Crippen molar-refractivity contribution in [2.24, 2.45) is 0 Å². The second kappa shape index (κ2) is 13.7. The van der Waals surface area contributed by atoms with E-state index in [0.717, 1.165) is 28.1 Å². The molecule has 0 saturated carbocycles. The third-order valence-electron chi connectivity index (χ3n) is 14.7. The minimum Gasteiger partial charge on any atom is -0.457 e. The predicted molar refractivity (Wildman–Crippen MR) is 266 cm³/mol. The Kier molecular flexibility index (Phi) is 8.92. The fourth-order valence-corrected chi connectivity index (χ4v) is 9.94. The topological polar surface area (TPSA) is 33.0 Å². The van der Waals surface area contributed by atoms with Crippen molar-refractivity contribution in [3.8, 4) is 22.6 Å². The molecule has 0 spiro atoms. The zero-order chi connectivity index (χ0) is 44.6. The van der Waals surface area contributed by atoms with Gasteiger partial charge < -0.3 is 14.5 Å². The second-order valence-electron chi connectivity index (χ2n) is 22.4. The highest BCUT2D eigenvalue weighted by Gasteiger charge is 2.46. The molecule has 8 aromatic rings. The lowest BCUT2D eigenvalue weighted by Crippen LogP contribution is -2.42. The van der Waals surface area contributed by atoms with Crippen molar-refractivity contribution in [2.45, 2.75) is 117 Å². The quantitative estimate of drug-likeness (QED) is 0.162. The van der Waals surface area contributed by atoms with Crippen LogP contribution in [0, 0.1) is 0 Å². The molecule has 63 heavy (non-hydrogen) atoms. The van der Waals surface area contributed by atoms with Gasteiger partial charge in [0.1, 0.15) is 18.2 Å². The van der Waals surface area contributed by atoms with Gasteiger partial charge in [0.15, 0.2) is 0 Å². The number of hydrogen-bond acceptors (Lipinski definition) is 4. The molecule has 1 aliphatic carbocycles. The molecule has 0 radical (unpaired) electrons. The first-order valence-electron chi connectivity index (χ1n) is 22.7. The summed E-state index contributed by atoms with van der Waals surface area (Å²) in [4.78, 5) is 4.93. The predicted octanol–water partition coefficient (Wildman–Crippen LogP) is 15.8. The summed E-state index contributed by atoms with van der Waals surface area (Å²) in [7, 11) is 0. The average molecular weight is 831 g/mol. The Morgan fingerprint density at radius 1 is 0.508 bits per heavy atom. The number of hydrogen-bond donors (Lipinski definition) is 0. The summed E-state index contributed by atoms with van der Waals surface area (Å²) in [6, 6.07) is 45.0. The molecule has 1 aliphatic heterocycles. The van der Waals surface area contributed by atoms with Crippen LogP contribution in [0.25, 0.3) is 38.3 Å². The van der Waals surface area contributed by atoms with Crippen LogP contribution in [0.4, 0.5) is 22.7 Å². The molecule has 0 amide bonds. The maximum absolute atomic E-state index is 7.02. The van der Waals surface area contributed by atoms with Gasteiger partial charge in [0.05, 0.1) is 28.6 Å². The standard InChI is InChI=1S/C58H62N4O/c1-54(2,3)38-27-39(55(4,5)6)29-41(28-38)60-35-61(50-22-18-17-21-49(50)60)42-30-40(56(7,8)9)31-44(32-42)63-43-23-24-45-46-25-37(36-19-15-14-16-20-36)26-47-52(46)53-48(58(12,13)57(47,10)11)34-59-62(53)51(45)33-43/h14-34H,35H2,1-13H3. The highest BCUT2D eigenvalue weighted by atomic mass is 16.5. The minimum atomic E-state index is -0.149. The molecule has 6 aromatic carbocycles. The van der Waals surface area contributed by atoms with Crippen LogP contribution in [0.15, 0.2) is 128 Å². The average Bonchev–Trinajstić information content (AvgIpc) is 3.86. The largest absolute Gasteiger partial charge is 0.457 e. The molecule has 5 nitrogen and oxygen atoms in total. The van der Waals surface area contributed by atoms with Crippen LogP contribution < -0.4 is 14.5 Å². The van der Waals surface area contributed by atoms with Gasteiger partial charge in [-0.3, -0.25) is 0 Å². The van der Waals surface area contributed by atoms with Gasteiger partial charge in [0.2, 0.25) is 0 Å². The van der Waals surface area contributed by atoms with E-state index in [2.05, 4.69) is 232 Å². The van der Waals surface area contributed by atoms with Gasteiger partial charge in [-0.05, 0) is 121 Å². The highest BCUT2D eigenvalue weighted by Crippen LogP contribution is 2.55. The maximum atomic E-state index is 7.02. The van der Waals surface area contributed by atoms with Gasteiger partial charge in [-0.2, -0.15) is 5.10 Å². The van der Waals surface area contributed by atoms with Crippen LogP contribution in [-0.2, 0) is 27.1 Å². The molecule has 2 aliphatic rings. The van der Waals surface area contributed by atoms with Gasteiger partial charge in [-0.25, -0.2) is 4.52 Å². The third-order valence-corrected chi connectivity index (χ3v) is 14.7. The van der Waals surface area contributed by atoms with Gasteiger partial charge >= 0.3 is 0 Å². The van der Waals surface area contributed by atoms with Crippen LogP contribution in [0.5, 0.6) is 11.5 Å². The van der Waals surface area contributed by atoms with Crippen LogP contribution >= 0.6 is 0 Å². The van der Waals surface area contributed by atoms with Crippen molar-refractivity contribution < 1.29 is 4.74 Å². The molecular weight excluding hydrogens is 769 g/mol. The number of benzene rings is 6. The molecule has 10 rings (SSSR count). The zero-order valence-corrected chi connectivity index (χ0v) is 39.5. The number of anilines is 4. The van der Waals surface area contributed by atoms with E-state index in [-0.39, 0.29) is 27.1 Å². The zero-order valence-electron chi connectivity index (χ0n) is 39.5. The number of para-hydroxylation sites is 2. The Hall–Kier alpha value is -6.07. The number of aromatic nitrogens is 2. The number of nitrogens with zero attached hydrogens (tertiary/aromatic N) is 4. The Balaban J connectivity index is 1.10. The molecule has 0 N–H and O–H groups in total. The number of rotatable bonds is 5. The van der Waals surface area contributed by atoms with Gasteiger partial charge in [0, 0.05) is 45.3 Å². The Labute approximate surface area is 374 Å². The van der Waals surface area contributed by atoms with Crippen LogP contribution in [-0.4, -0.2) is 16.3 Å². The second-order valence-corrected chi connectivity index (χ2v) is 22.4. The molecule has 0 saturated heterocycles. The molecule has 5 heteroatoms. The number of pyridine rings is 1. The lowest BCUT2D eigenvalue weighted by atomic mass is 9.57. The van der Waals surface area contributed by atoms with Crippen molar-refractivity contribution in [3.63, 3.8) is 0 Å². The Morgan fingerprint density at radius 2 is 1.06 bits per heavy atom. The summed E-state index contributed by atoms with van der Waals surface area (Å²) in [5.41, 5.74) is 15.6. The van der Waals surface area contributed by atoms with E-state index < -0.39 is 0 Å². The highest BCUT2D eigenvalue weighted by molar-refractivity contribution is 6.17. The van der Waals surface area contributed by atoms with Crippen molar-refractivity contribution >= 4 is 49.9 Å². The van der Waals surface area contributed by atoms with Crippen molar-refractivity contribution in [1.82, 2.24) is 9.61 Å². The first-order chi connectivity index (χ1) is 29.6. The normalized spacial score (nSPS) is 15.8. The molecule has 3 heterocycles. The lowest BCUT2D eigenvalue weighted by Gasteiger charge is -2.45. The van der Waals surface area contributed by atoms with E-state index >= 15 is 0 Å². The molecule has 0 unspecified atom stereocenters. The summed E-state index contributed by atoms with van der Waals surface area (Å²) in [5.74, 6) is 1.60. The van der Waals surface area contributed by atoms with Gasteiger partial charge in [-0.15, -0.1) is 0 Å². The summed E-state index contributed by atoms with van der Waals surface area (Å²) in [6.45, 7) is 30.9. The summed E-state index contributed by atoms with van der Waals surface area (Å²) in [6.07, 6.45) is 2.11. The Bertz CT molecular complexity index is 3100. The monoisotopic (exact) mass is 830 g/mol. The molecule has 0 fully saturated rings. The molecular formula is C58H62N4O. The van der Waals surface area contributed by atoms with Gasteiger partial charge in [-0.1, -0.05) is 139 Å². The van der Waals surface area contributed by atoms with Gasteiger partial charge in [0.25, 0.3) is 0 Å². The number of fused-ring (bicyclic) bond motifs is 4. The smallest absolute Gasteiger partial charge is 0.129 e. The van der Waals surface area contributed by atoms with E-state index in [1.807, 2.05) is 0 Å². The first-order valence-corrected chi connectivity index (χ1v) is 22.7. The summed E-state index contributed by atoms with van der Waals surface area (Å²) < 4.78 is 9.20. The van der Waals surface area contributed by atoms with Crippen LogP contribution in [0.2, 0.25) is 0 Å². The van der Waals surface area contributed by atoms with Crippen LogP contribution in [0.3, 0.4) is 0 Å². The van der Waals surface area contributed by atoms with Crippen molar-refractivity contribution in [3.05, 3.63) is 155 Å². The third kappa shape index (κ3) is 6.52. The van der Waals surface area contributed by atoms with Crippen molar-refractivity contribution in [2.75, 3.05) is 16.5 Å². The summed E-state index contributed by atoms with van der Waals surface area (Å²) >= 11 is 0. The first kappa shape index (κ1) is 41.0. The fourth-order valence-electron chi connectivity index (χ4n) is 9.94. The number of ether oxygens (including phenoxy) is 1. The summed E-state index contributed by atoms with van der Waals surface area (Å²) in [5, 5.41) is 8.86. The van der Waals surface area contributed by atoms with Crippen molar-refractivity contribution in [1.29, 1.82) is 0 Å². The Morgan fingerprint density at radius 3 is 1.67 bits per heavy atom. The van der Waals surface area contributed by atoms with E-state index in [1.165, 1.54) is 72.3 Å². The van der Waals surface area contributed by atoms with E-state index in [4.69, 9.17) is 9.84 Å². The fraction of sp³-hybridized carbons (Fsp3) is 0.328. The minimum absolute atomic E-state index is 0.0145. The van der Waals surface area contributed by atoms with E-state index in [1.54, 1.807) is 0 Å². The molecule has 0 atom stereocenters. The van der Waals surface area contributed by atoms with E-state index in [9.17, 15) is 0 Å². The maximum Gasteiger partial charge on any atom is 0.129 e. The lowest BCUT2D eigenvalue weighted by molar-refractivity contribution is 0.304. The van der Waals surface area contributed by atoms with Crippen LogP contribution in [0.1, 0.15) is 118 Å². The molecule has 2 aromatic heterocycles. The SMILES string of the molecule is CC(C)(C)c1cc(Oc2ccc3c4cc(-c5ccccc5)cc5c4c4c(cnn4c3c2)C(C)(C)C5(C)C)cc(N2CN(c3cc(C(C)(C)C)cc(C(C)(C)C)c3)c3ccccc32)c1. The molecule has 320 valence electrons. The van der Waals surface area contributed by atoms with E-state index in [0.29, 0.717) is 6.67 Å². The molecule has 0 bridgehead atoms.